The van der Waals surface area contributed by atoms with Gasteiger partial charge in [0.2, 0.25) is 11.8 Å². The Labute approximate surface area is 245 Å². The number of aryl methyl sites for hydroxylation is 1. The summed E-state index contributed by atoms with van der Waals surface area (Å²) in [5.41, 5.74) is 2.17. The molecule has 4 rings (SSSR count). The summed E-state index contributed by atoms with van der Waals surface area (Å²) in [6, 6.07) is 21.9. The van der Waals surface area contributed by atoms with Gasteiger partial charge >= 0.3 is 0 Å². The van der Waals surface area contributed by atoms with Crippen molar-refractivity contribution in [1.29, 1.82) is 0 Å². The number of sulfonamides is 1. The molecule has 1 saturated carbocycles. The molecule has 0 spiro atoms. The summed E-state index contributed by atoms with van der Waals surface area (Å²) in [5, 5.41) is 3.12. The minimum Gasteiger partial charge on any atom is -0.352 e. The van der Waals surface area contributed by atoms with Crippen molar-refractivity contribution >= 4 is 43.5 Å². The number of rotatable bonds is 10. The average Bonchev–Trinajstić information content (AvgIpc) is 2.95. The van der Waals surface area contributed by atoms with Crippen molar-refractivity contribution in [2.45, 2.75) is 69.5 Å². The molecule has 0 aromatic heterocycles. The summed E-state index contributed by atoms with van der Waals surface area (Å²) in [6.45, 7) is 3.33. The van der Waals surface area contributed by atoms with Gasteiger partial charge in [-0.1, -0.05) is 83.2 Å². The van der Waals surface area contributed by atoms with E-state index in [0.29, 0.717) is 5.69 Å². The fourth-order valence-corrected chi connectivity index (χ4v) is 6.82. The van der Waals surface area contributed by atoms with Crippen molar-refractivity contribution in [3.8, 4) is 0 Å². The Morgan fingerprint density at radius 3 is 2.27 bits per heavy atom. The van der Waals surface area contributed by atoms with Crippen LogP contribution in [0.15, 0.2) is 88.2 Å². The normalized spacial score (nSPS) is 14.8. The quantitative estimate of drug-likeness (QED) is 0.308. The van der Waals surface area contributed by atoms with Crippen LogP contribution >= 0.6 is 15.9 Å². The van der Waals surface area contributed by atoms with E-state index in [0.717, 1.165) is 45.6 Å². The minimum absolute atomic E-state index is 0.0880. The third-order valence-electron chi connectivity index (χ3n) is 7.29. The van der Waals surface area contributed by atoms with Crippen molar-refractivity contribution in [2.75, 3.05) is 10.8 Å². The van der Waals surface area contributed by atoms with Gasteiger partial charge < -0.3 is 10.2 Å². The van der Waals surface area contributed by atoms with Crippen LogP contribution in [0.2, 0.25) is 0 Å². The van der Waals surface area contributed by atoms with E-state index in [9.17, 15) is 18.0 Å². The van der Waals surface area contributed by atoms with Crippen molar-refractivity contribution in [3.05, 3.63) is 94.5 Å². The van der Waals surface area contributed by atoms with Crippen LogP contribution in [0.1, 0.15) is 50.2 Å². The molecule has 1 atom stereocenters. The van der Waals surface area contributed by atoms with Crippen molar-refractivity contribution in [1.82, 2.24) is 10.2 Å². The smallest absolute Gasteiger partial charge is 0.264 e. The summed E-state index contributed by atoms with van der Waals surface area (Å²) in [5.74, 6) is -0.700. The SMILES string of the molecule is Cc1ccc(N(CC(=O)N(Cc2cccc(Br)c2)[C@@H](C)C(=O)NC2CCCCC2)S(=O)(=O)c2ccccc2)cc1. The molecule has 0 aliphatic heterocycles. The van der Waals surface area contributed by atoms with Gasteiger partial charge in [0, 0.05) is 17.1 Å². The molecule has 0 heterocycles. The number of amides is 2. The lowest BCUT2D eigenvalue weighted by Gasteiger charge is -2.33. The van der Waals surface area contributed by atoms with E-state index in [1.54, 1.807) is 37.3 Å². The second-order valence-corrected chi connectivity index (χ2v) is 13.1. The first-order chi connectivity index (χ1) is 19.1. The Hall–Kier alpha value is -3.17. The van der Waals surface area contributed by atoms with Gasteiger partial charge in [-0.2, -0.15) is 0 Å². The first kappa shape index (κ1) is 29.8. The standard InChI is InChI=1S/C31H36BrN3O4S/c1-23-16-18-28(19-17-23)35(40(38,39)29-14-7-4-8-15-29)22-30(36)34(21-25-10-9-11-26(32)20-25)24(2)31(37)33-27-12-5-3-6-13-27/h4,7-11,14-20,24,27H,3,5-6,12-13,21-22H2,1-2H3,(H,33,37)/t24-/m0/s1. The third-order valence-corrected chi connectivity index (χ3v) is 9.57. The van der Waals surface area contributed by atoms with Crippen LogP contribution in [-0.2, 0) is 26.2 Å². The van der Waals surface area contributed by atoms with Gasteiger partial charge in [-0.3, -0.25) is 13.9 Å². The molecule has 0 saturated heterocycles. The molecular formula is C31H36BrN3O4S. The molecule has 1 fully saturated rings. The number of carbonyl (C=O) groups is 2. The number of nitrogens with zero attached hydrogens (tertiary/aromatic N) is 2. The molecule has 1 aliphatic rings. The predicted octanol–water partition coefficient (Wildman–Crippen LogP) is 5.82. The Morgan fingerprint density at radius 2 is 1.62 bits per heavy atom. The van der Waals surface area contributed by atoms with E-state index in [1.165, 1.54) is 23.5 Å². The van der Waals surface area contributed by atoms with Crippen LogP contribution in [-0.4, -0.2) is 43.8 Å². The summed E-state index contributed by atoms with van der Waals surface area (Å²) in [6.07, 6.45) is 5.16. The number of carbonyl (C=O) groups excluding carboxylic acids is 2. The summed E-state index contributed by atoms with van der Waals surface area (Å²) >= 11 is 3.48. The highest BCUT2D eigenvalue weighted by atomic mass is 79.9. The van der Waals surface area contributed by atoms with E-state index < -0.39 is 28.5 Å². The monoisotopic (exact) mass is 625 g/mol. The summed E-state index contributed by atoms with van der Waals surface area (Å²) < 4.78 is 29.6. The van der Waals surface area contributed by atoms with Gasteiger partial charge in [0.25, 0.3) is 10.0 Å². The van der Waals surface area contributed by atoms with Crippen LogP contribution < -0.4 is 9.62 Å². The average molecular weight is 627 g/mol. The van der Waals surface area contributed by atoms with Crippen molar-refractivity contribution in [3.63, 3.8) is 0 Å². The zero-order chi connectivity index (χ0) is 28.7. The van der Waals surface area contributed by atoms with Gasteiger partial charge in [0.15, 0.2) is 0 Å². The second-order valence-electron chi connectivity index (χ2n) is 10.3. The lowest BCUT2D eigenvalue weighted by Crippen LogP contribution is -2.53. The van der Waals surface area contributed by atoms with E-state index >= 15 is 0 Å². The maximum atomic E-state index is 14.0. The predicted molar refractivity (Wildman–Crippen MR) is 161 cm³/mol. The van der Waals surface area contributed by atoms with Crippen molar-refractivity contribution in [2.24, 2.45) is 0 Å². The summed E-state index contributed by atoms with van der Waals surface area (Å²) in [4.78, 5) is 29.0. The number of benzene rings is 3. The van der Waals surface area contributed by atoms with E-state index in [2.05, 4.69) is 21.2 Å². The highest BCUT2D eigenvalue weighted by Gasteiger charge is 2.33. The molecule has 0 radical (unpaired) electrons. The van der Waals surface area contributed by atoms with Gasteiger partial charge in [-0.15, -0.1) is 0 Å². The molecule has 3 aromatic carbocycles. The highest BCUT2D eigenvalue weighted by Crippen LogP contribution is 2.25. The van der Waals surface area contributed by atoms with E-state index in [4.69, 9.17) is 0 Å². The van der Waals surface area contributed by atoms with Gasteiger partial charge in [0.1, 0.15) is 12.6 Å². The topological polar surface area (TPSA) is 86.8 Å². The highest BCUT2D eigenvalue weighted by molar-refractivity contribution is 9.10. The minimum atomic E-state index is -4.07. The molecule has 9 heteroatoms. The molecular weight excluding hydrogens is 590 g/mol. The van der Waals surface area contributed by atoms with Crippen LogP contribution in [0.3, 0.4) is 0 Å². The van der Waals surface area contributed by atoms with E-state index in [-0.39, 0.29) is 23.4 Å². The molecule has 40 heavy (non-hydrogen) atoms. The first-order valence-electron chi connectivity index (χ1n) is 13.6. The zero-order valence-electron chi connectivity index (χ0n) is 22.9. The number of nitrogens with one attached hydrogen (secondary N) is 1. The Balaban J connectivity index is 1.66. The molecule has 2 amide bonds. The van der Waals surface area contributed by atoms with Gasteiger partial charge in [-0.05, 0) is 68.7 Å². The molecule has 7 nitrogen and oxygen atoms in total. The molecule has 0 unspecified atom stereocenters. The lowest BCUT2D eigenvalue weighted by atomic mass is 9.95. The number of hydrogen-bond donors (Lipinski definition) is 1. The Kier molecular flexibility index (Phi) is 10.0. The molecule has 0 bridgehead atoms. The van der Waals surface area contributed by atoms with Crippen LogP contribution in [0.4, 0.5) is 5.69 Å². The lowest BCUT2D eigenvalue weighted by molar-refractivity contribution is -0.139. The third kappa shape index (κ3) is 7.52. The van der Waals surface area contributed by atoms with Gasteiger partial charge in [0.05, 0.1) is 10.6 Å². The van der Waals surface area contributed by atoms with Crippen LogP contribution in [0.5, 0.6) is 0 Å². The van der Waals surface area contributed by atoms with E-state index in [1.807, 2.05) is 43.3 Å². The Bertz CT molecular complexity index is 1410. The fourth-order valence-electron chi connectivity index (χ4n) is 4.94. The van der Waals surface area contributed by atoms with Gasteiger partial charge in [-0.25, -0.2) is 8.42 Å². The van der Waals surface area contributed by atoms with Crippen molar-refractivity contribution < 1.29 is 18.0 Å². The molecule has 3 aromatic rings. The Morgan fingerprint density at radius 1 is 0.950 bits per heavy atom. The van der Waals surface area contributed by atoms with Crippen LogP contribution in [0.25, 0.3) is 0 Å². The maximum Gasteiger partial charge on any atom is 0.264 e. The number of halogens is 1. The second kappa shape index (κ2) is 13.5. The van der Waals surface area contributed by atoms with Crippen LogP contribution in [0, 0.1) is 6.92 Å². The molecule has 212 valence electrons. The molecule has 1 N–H and O–H groups in total. The largest absolute Gasteiger partial charge is 0.352 e. The zero-order valence-corrected chi connectivity index (χ0v) is 25.3. The number of hydrogen-bond acceptors (Lipinski definition) is 4. The molecule has 1 aliphatic carbocycles. The fraction of sp³-hybridized carbons (Fsp3) is 0.355. The maximum absolute atomic E-state index is 14.0. The number of anilines is 1. The first-order valence-corrected chi connectivity index (χ1v) is 15.9. The summed E-state index contributed by atoms with van der Waals surface area (Å²) in [7, 11) is -4.07.